The van der Waals surface area contributed by atoms with Gasteiger partial charge in [0.25, 0.3) is 5.91 Å². The highest BCUT2D eigenvalue weighted by atomic mass is 35.5. The van der Waals surface area contributed by atoms with E-state index in [-0.39, 0.29) is 11.5 Å². The number of amides is 1. The molecule has 0 aliphatic carbocycles. The average Bonchev–Trinajstić information content (AvgIpc) is 3.02. The maximum Gasteiger partial charge on any atom is 0.335 e. The summed E-state index contributed by atoms with van der Waals surface area (Å²) in [5, 5.41) is 9.64. The van der Waals surface area contributed by atoms with Crippen LogP contribution < -0.4 is 9.64 Å². The summed E-state index contributed by atoms with van der Waals surface area (Å²) in [5.74, 6) is -0.663. The van der Waals surface area contributed by atoms with E-state index in [9.17, 15) is 9.59 Å². The molecule has 4 rings (SSSR count). The number of ether oxygens (including phenoxy) is 1. The van der Waals surface area contributed by atoms with Gasteiger partial charge in [-0.1, -0.05) is 29.8 Å². The van der Waals surface area contributed by atoms with Crippen LogP contribution in [-0.4, -0.2) is 24.1 Å². The minimum absolute atomic E-state index is 0.159. The van der Waals surface area contributed by atoms with Gasteiger partial charge in [0.1, 0.15) is 5.75 Å². The number of carbonyl (C=O) groups excluding carboxylic acids is 1. The molecule has 3 aromatic carbocycles. The molecule has 6 heteroatoms. The second-order valence-corrected chi connectivity index (χ2v) is 7.28. The van der Waals surface area contributed by atoms with E-state index >= 15 is 0 Å². The lowest BCUT2D eigenvalue weighted by molar-refractivity contribution is -0.112. The molecule has 0 saturated carbocycles. The summed E-state index contributed by atoms with van der Waals surface area (Å²) in [4.78, 5) is 26.3. The lowest BCUT2D eigenvalue weighted by atomic mass is 9.99. The van der Waals surface area contributed by atoms with E-state index < -0.39 is 5.97 Å². The molecule has 30 heavy (non-hydrogen) atoms. The van der Waals surface area contributed by atoms with Gasteiger partial charge in [0.2, 0.25) is 0 Å². The number of hydrogen-bond donors (Lipinski definition) is 1. The molecular weight excluding hydrogens is 402 g/mol. The van der Waals surface area contributed by atoms with Crippen molar-refractivity contribution in [3.05, 3.63) is 87.9 Å². The van der Waals surface area contributed by atoms with Crippen molar-refractivity contribution in [1.29, 1.82) is 0 Å². The normalized spacial score (nSPS) is 14.2. The molecule has 1 heterocycles. The first-order valence-corrected chi connectivity index (χ1v) is 9.62. The van der Waals surface area contributed by atoms with Gasteiger partial charge < -0.3 is 9.84 Å². The third-order valence-electron chi connectivity index (χ3n) is 5.09. The quantitative estimate of drug-likeness (QED) is 0.561. The van der Waals surface area contributed by atoms with Crippen LogP contribution in [0.15, 0.2) is 60.7 Å². The summed E-state index contributed by atoms with van der Waals surface area (Å²) in [5.41, 5.74) is 4.37. The lowest BCUT2D eigenvalue weighted by Gasteiger charge is -2.17. The third-order valence-corrected chi connectivity index (χ3v) is 5.42. The van der Waals surface area contributed by atoms with Gasteiger partial charge in [-0.15, -0.1) is 0 Å². The van der Waals surface area contributed by atoms with Crippen LogP contribution in [0.1, 0.15) is 27.0 Å². The highest BCUT2D eigenvalue weighted by Crippen LogP contribution is 2.45. The largest absolute Gasteiger partial charge is 0.496 e. The fourth-order valence-corrected chi connectivity index (χ4v) is 3.87. The first kappa shape index (κ1) is 19.7. The van der Waals surface area contributed by atoms with Crippen molar-refractivity contribution in [2.24, 2.45) is 0 Å². The summed E-state index contributed by atoms with van der Waals surface area (Å²) in [6.45, 7) is 1.95. The van der Waals surface area contributed by atoms with Crippen LogP contribution in [0, 0.1) is 6.92 Å². The predicted octanol–water partition coefficient (Wildman–Crippen LogP) is 5.57. The number of benzene rings is 3. The highest BCUT2D eigenvalue weighted by molar-refractivity contribution is 6.39. The Morgan fingerprint density at radius 1 is 1.07 bits per heavy atom. The van der Waals surface area contributed by atoms with Gasteiger partial charge >= 0.3 is 5.97 Å². The molecule has 1 aliphatic rings. The second kappa shape index (κ2) is 7.69. The van der Waals surface area contributed by atoms with Gasteiger partial charge in [-0.05, 0) is 61.0 Å². The molecule has 5 nitrogen and oxygen atoms in total. The Hall–Kier alpha value is -3.57. The van der Waals surface area contributed by atoms with E-state index in [2.05, 4.69) is 0 Å². The minimum Gasteiger partial charge on any atom is -0.496 e. The molecule has 0 saturated heterocycles. The van der Waals surface area contributed by atoms with Gasteiger partial charge in [-0.25, -0.2) is 4.79 Å². The third kappa shape index (κ3) is 3.23. The topological polar surface area (TPSA) is 66.8 Å². The number of methoxy groups -OCH3 is 1. The maximum absolute atomic E-state index is 13.5. The number of carboxylic acid groups (broad SMARTS) is 1. The first-order chi connectivity index (χ1) is 14.4. The van der Waals surface area contributed by atoms with Gasteiger partial charge in [-0.3, -0.25) is 9.69 Å². The molecule has 1 aliphatic heterocycles. The summed E-state index contributed by atoms with van der Waals surface area (Å²) in [6.07, 6.45) is 1.75. The van der Waals surface area contributed by atoms with Crippen molar-refractivity contribution >= 4 is 46.5 Å². The Kier molecular flexibility index (Phi) is 5.06. The van der Waals surface area contributed by atoms with E-state index in [1.54, 1.807) is 48.4 Å². The second-order valence-electron chi connectivity index (χ2n) is 6.88. The predicted molar refractivity (Wildman–Crippen MR) is 118 cm³/mol. The Bertz CT molecular complexity index is 1200. The van der Waals surface area contributed by atoms with E-state index in [0.717, 1.165) is 16.8 Å². The van der Waals surface area contributed by atoms with Crippen molar-refractivity contribution in [3.63, 3.8) is 0 Å². The molecule has 150 valence electrons. The molecule has 0 unspecified atom stereocenters. The minimum atomic E-state index is -1.02. The van der Waals surface area contributed by atoms with Crippen LogP contribution in [0.4, 0.5) is 11.4 Å². The number of carboxylic acids is 1. The van der Waals surface area contributed by atoms with Crippen LogP contribution >= 0.6 is 11.6 Å². The number of aromatic carboxylic acids is 1. The SMILES string of the molecule is COc1cccc(Cl)c1/C=C1\C(=O)N(c2ccc(C(=O)O)cc2)c2cccc(C)c21. The Morgan fingerprint density at radius 2 is 1.77 bits per heavy atom. The summed E-state index contributed by atoms with van der Waals surface area (Å²) in [7, 11) is 1.56. The summed E-state index contributed by atoms with van der Waals surface area (Å²) in [6, 6.07) is 17.3. The molecule has 0 fully saturated rings. The zero-order chi connectivity index (χ0) is 21.4. The Balaban J connectivity index is 1.90. The molecule has 0 radical (unpaired) electrons. The number of anilines is 2. The molecular formula is C24H18ClNO4. The van der Waals surface area contributed by atoms with Gasteiger partial charge in [0.15, 0.2) is 0 Å². The van der Waals surface area contributed by atoms with Crippen molar-refractivity contribution < 1.29 is 19.4 Å². The van der Waals surface area contributed by atoms with Crippen molar-refractivity contribution in [2.75, 3.05) is 12.0 Å². The van der Waals surface area contributed by atoms with E-state index in [4.69, 9.17) is 21.4 Å². The van der Waals surface area contributed by atoms with Crippen molar-refractivity contribution in [3.8, 4) is 5.75 Å². The monoisotopic (exact) mass is 419 g/mol. The van der Waals surface area contributed by atoms with Crippen molar-refractivity contribution in [1.82, 2.24) is 0 Å². The van der Waals surface area contributed by atoms with E-state index in [1.165, 1.54) is 12.1 Å². The fraction of sp³-hybridized carbons (Fsp3) is 0.0833. The van der Waals surface area contributed by atoms with E-state index in [0.29, 0.717) is 27.6 Å². The number of aryl methyl sites for hydroxylation is 1. The zero-order valence-corrected chi connectivity index (χ0v) is 17.1. The van der Waals surface area contributed by atoms with Gasteiger partial charge in [0, 0.05) is 16.8 Å². The highest BCUT2D eigenvalue weighted by Gasteiger charge is 2.35. The van der Waals surface area contributed by atoms with E-state index in [1.807, 2.05) is 25.1 Å². The van der Waals surface area contributed by atoms with Crippen molar-refractivity contribution in [2.45, 2.75) is 6.92 Å². The number of hydrogen-bond acceptors (Lipinski definition) is 3. The fourth-order valence-electron chi connectivity index (χ4n) is 3.65. The maximum atomic E-state index is 13.5. The molecule has 0 bridgehead atoms. The standard InChI is InChI=1S/C24H18ClNO4/c1-14-5-3-7-20-22(14)18(13-17-19(25)6-4-8-21(17)30-2)23(27)26(20)16-11-9-15(10-12-16)24(28)29/h3-13H,1-2H3,(H,28,29)/b18-13-. The molecule has 1 amide bonds. The van der Waals surface area contributed by atoms with Crippen LogP contribution in [-0.2, 0) is 4.79 Å². The first-order valence-electron chi connectivity index (χ1n) is 9.24. The Labute approximate surface area is 178 Å². The molecule has 1 N–H and O–H groups in total. The lowest BCUT2D eigenvalue weighted by Crippen LogP contribution is -2.20. The molecule has 0 spiro atoms. The van der Waals surface area contributed by atoms with Crippen LogP contribution in [0.25, 0.3) is 11.6 Å². The van der Waals surface area contributed by atoms with Crippen LogP contribution in [0.3, 0.4) is 0 Å². The zero-order valence-electron chi connectivity index (χ0n) is 16.3. The number of halogens is 1. The Morgan fingerprint density at radius 3 is 2.43 bits per heavy atom. The molecule has 0 aromatic heterocycles. The molecule has 3 aromatic rings. The smallest absolute Gasteiger partial charge is 0.335 e. The number of fused-ring (bicyclic) bond motifs is 1. The summed E-state index contributed by atoms with van der Waals surface area (Å²) < 4.78 is 5.43. The number of carbonyl (C=O) groups is 2. The number of nitrogens with zero attached hydrogens (tertiary/aromatic N) is 1. The van der Waals surface area contributed by atoms with Crippen LogP contribution in [0.2, 0.25) is 5.02 Å². The summed E-state index contributed by atoms with van der Waals surface area (Å²) >= 11 is 6.40. The van der Waals surface area contributed by atoms with Gasteiger partial charge in [0.05, 0.1) is 29.0 Å². The van der Waals surface area contributed by atoms with Gasteiger partial charge in [-0.2, -0.15) is 0 Å². The average molecular weight is 420 g/mol. The molecule has 0 atom stereocenters. The van der Waals surface area contributed by atoms with Crippen LogP contribution in [0.5, 0.6) is 5.75 Å². The number of rotatable bonds is 4.